The molecule has 2 nitrogen and oxygen atoms in total. The van der Waals surface area contributed by atoms with Crippen LogP contribution in [0.2, 0.25) is 0 Å². The molecule has 0 amide bonds. The van der Waals surface area contributed by atoms with Crippen LogP contribution in [-0.2, 0) is 0 Å². The number of ether oxygens (including phenoxy) is 1. The second-order valence-electron chi connectivity index (χ2n) is 3.16. The fourth-order valence-corrected chi connectivity index (χ4v) is 2.23. The molecule has 3 heteroatoms. The third kappa shape index (κ3) is 2.02. The molecular formula is C12H13NOS. The van der Waals surface area contributed by atoms with Crippen molar-refractivity contribution in [3.05, 3.63) is 37.1 Å². The van der Waals surface area contributed by atoms with Crippen molar-refractivity contribution in [2.75, 3.05) is 12.9 Å². The molecule has 0 spiro atoms. The molecule has 0 aliphatic heterocycles. The number of aromatic amines is 1. The Kier molecular flexibility index (Phi) is 3.02. The average molecular weight is 219 g/mol. The Morgan fingerprint density at radius 2 is 2.40 bits per heavy atom. The molecule has 1 heterocycles. The molecule has 2 rings (SSSR count). The highest BCUT2D eigenvalue weighted by atomic mass is 32.2. The average Bonchev–Trinajstić information content (AvgIpc) is 2.68. The SMILES string of the molecule is C=CCSc1c[nH]c2ccc(OC)cc12. The first-order valence-corrected chi connectivity index (χ1v) is 5.72. The van der Waals surface area contributed by atoms with Crippen molar-refractivity contribution in [3.63, 3.8) is 0 Å². The molecule has 0 saturated carbocycles. The van der Waals surface area contributed by atoms with Gasteiger partial charge in [0.25, 0.3) is 0 Å². The molecule has 0 saturated heterocycles. The molecule has 1 aromatic heterocycles. The van der Waals surface area contributed by atoms with Gasteiger partial charge in [-0.05, 0) is 18.2 Å². The van der Waals surface area contributed by atoms with Crippen molar-refractivity contribution in [3.8, 4) is 5.75 Å². The third-order valence-electron chi connectivity index (χ3n) is 2.21. The molecule has 15 heavy (non-hydrogen) atoms. The van der Waals surface area contributed by atoms with Gasteiger partial charge in [0.2, 0.25) is 0 Å². The first-order chi connectivity index (χ1) is 7.35. The molecule has 0 bridgehead atoms. The molecule has 78 valence electrons. The molecule has 0 radical (unpaired) electrons. The van der Waals surface area contributed by atoms with Crippen LogP contribution in [-0.4, -0.2) is 17.8 Å². The fourth-order valence-electron chi connectivity index (χ4n) is 1.47. The van der Waals surface area contributed by atoms with Gasteiger partial charge in [0.05, 0.1) is 7.11 Å². The van der Waals surface area contributed by atoms with E-state index in [0.29, 0.717) is 0 Å². The van der Waals surface area contributed by atoms with Gasteiger partial charge in [-0.2, -0.15) is 0 Å². The predicted molar refractivity (Wildman–Crippen MR) is 65.8 cm³/mol. The van der Waals surface area contributed by atoms with Gasteiger partial charge < -0.3 is 9.72 Å². The van der Waals surface area contributed by atoms with Crippen molar-refractivity contribution >= 4 is 22.7 Å². The maximum Gasteiger partial charge on any atom is 0.119 e. The van der Waals surface area contributed by atoms with E-state index in [0.717, 1.165) is 17.0 Å². The summed E-state index contributed by atoms with van der Waals surface area (Å²) >= 11 is 1.77. The number of aromatic nitrogens is 1. The van der Waals surface area contributed by atoms with E-state index < -0.39 is 0 Å². The number of H-pyrrole nitrogens is 1. The van der Waals surface area contributed by atoms with Crippen molar-refractivity contribution in [1.82, 2.24) is 4.98 Å². The Balaban J connectivity index is 2.41. The van der Waals surface area contributed by atoms with Gasteiger partial charge in [-0.25, -0.2) is 0 Å². The lowest BCUT2D eigenvalue weighted by molar-refractivity contribution is 0.415. The lowest BCUT2D eigenvalue weighted by Crippen LogP contribution is -1.81. The maximum absolute atomic E-state index is 5.21. The number of methoxy groups -OCH3 is 1. The van der Waals surface area contributed by atoms with E-state index in [4.69, 9.17) is 4.74 Å². The van der Waals surface area contributed by atoms with E-state index >= 15 is 0 Å². The zero-order chi connectivity index (χ0) is 10.7. The van der Waals surface area contributed by atoms with Gasteiger partial charge in [-0.15, -0.1) is 18.3 Å². The van der Waals surface area contributed by atoms with E-state index in [2.05, 4.69) is 17.6 Å². The predicted octanol–water partition coefficient (Wildman–Crippen LogP) is 3.45. The normalized spacial score (nSPS) is 10.5. The molecule has 2 aromatic rings. The number of benzene rings is 1. The van der Waals surface area contributed by atoms with Crippen molar-refractivity contribution < 1.29 is 4.74 Å². The topological polar surface area (TPSA) is 25.0 Å². The minimum Gasteiger partial charge on any atom is -0.497 e. The van der Waals surface area contributed by atoms with Crippen LogP contribution in [0.3, 0.4) is 0 Å². The number of hydrogen-bond donors (Lipinski definition) is 1. The molecule has 1 aromatic carbocycles. The third-order valence-corrected chi connectivity index (χ3v) is 3.26. The summed E-state index contributed by atoms with van der Waals surface area (Å²) < 4.78 is 5.21. The van der Waals surface area contributed by atoms with Gasteiger partial charge in [0.15, 0.2) is 0 Å². The minimum absolute atomic E-state index is 0.891. The minimum atomic E-state index is 0.891. The van der Waals surface area contributed by atoms with Crippen LogP contribution in [0.1, 0.15) is 0 Å². The van der Waals surface area contributed by atoms with Gasteiger partial charge in [0.1, 0.15) is 5.75 Å². The lowest BCUT2D eigenvalue weighted by atomic mass is 10.2. The Labute approximate surface area is 93.3 Å². The standard InChI is InChI=1S/C12H13NOS/c1-3-6-15-12-8-13-11-5-4-9(14-2)7-10(11)12/h3-5,7-8,13H,1,6H2,2H3. The summed E-state index contributed by atoms with van der Waals surface area (Å²) in [4.78, 5) is 4.48. The Hall–Kier alpha value is -1.35. The largest absolute Gasteiger partial charge is 0.497 e. The summed E-state index contributed by atoms with van der Waals surface area (Å²) in [5, 5.41) is 1.21. The molecule has 0 aliphatic rings. The fraction of sp³-hybridized carbons (Fsp3) is 0.167. The first-order valence-electron chi connectivity index (χ1n) is 4.74. The van der Waals surface area contributed by atoms with E-state index in [-0.39, 0.29) is 0 Å². The van der Waals surface area contributed by atoms with Crippen molar-refractivity contribution in [2.45, 2.75) is 4.90 Å². The lowest BCUT2D eigenvalue weighted by Gasteiger charge is -2.00. The second kappa shape index (κ2) is 4.45. The van der Waals surface area contributed by atoms with Gasteiger partial charge in [-0.1, -0.05) is 6.08 Å². The van der Waals surface area contributed by atoms with E-state index in [1.807, 2.05) is 24.4 Å². The summed E-state index contributed by atoms with van der Waals surface area (Å²) in [5.74, 6) is 1.81. The number of nitrogens with one attached hydrogen (secondary N) is 1. The van der Waals surface area contributed by atoms with E-state index in [1.54, 1.807) is 18.9 Å². The maximum atomic E-state index is 5.21. The smallest absolute Gasteiger partial charge is 0.119 e. The summed E-state index contributed by atoms with van der Waals surface area (Å²) in [7, 11) is 1.68. The Morgan fingerprint density at radius 1 is 1.53 bits per heavy atom. The van der Waals surface area contributed by atoms with Crippen LogP contribution in [0.25, 0.3) is 10.9 Å². The van der Waals surface area contributed by atoms with Crippen LogP contribution in [0.15, 0.2) is 41.9 Å². The molecule has 0 unspecified atom stereocenters. The first kappa shape index (κ1) is 10.2. The highest BCUT2D eigenvalue weighted by molar-refractivity contribution is 7.99. The number of rotatable bonds is 4. The molecule has 1 N–H and O–H groups in total. The quantitative estimate of drug-likeness (QED) is 0.629. The van der Waals surface area contributed by atoms with Crippen LogP contribution in [0.4, 0.5) is 0 Å². The van der Waals surface area contributed by atoms with Gasteiger partial charge in [-0.3, -0.25) is 0 Å². The summed E-state index contributed by atoms with van der Waals surface area (Å²) in [6.07, 6.45) is 3.93. The molecule has 0 aliphatic carbocycles. The Bertz CT molecular complexity index is 475. The highest BCUT2D eigenvalue weighted by Crippen LogP contribution is 2.30. The summed E-state index contributed by atoms with van der Waals surface area (Å²) in [5.41, 5.74) is 1.14. The Morgan fingerprint density at radius 3 is 3.13 bits per heavy atom. The van der Waals surface area contributed by atoms with Crippen LogP contribution >= 0.6 is 11.8 Å². The summed E-state index contributed by atoms with van der Waals surface area (Å²) in [6, 6.07) is 6.05. The zero-order valence-corrected chi connectivity index (χ0v) is 9.43. The molecule has 0 atom stereocenters. The van der Waals surface area contributed by atoms with E-state index in [9.17, 15) is 0 Å². The zero-order valence-electron chi connectivity index (χ0n) is 8.62. The molecular weight excluding hydrogens is 206 g/mol. The van der Waals surface area contributed by atoms with E-state index in [1.165, 1.54) is 10.3 Å². The van der Waals surface area contributed by atoms with Crippen LogP contribution in [0, 0.1) is 0 Å². The monoisotopic (exact) mass is 219 g/mol. The van der Waals surface area contributed by atoms with Crippen LogP contribution < -0.4 is 4.74 Å². The molecule has 0 fully saturated rings. The van der Waals surface area contributed by atoms with Gasteiger partial charge in [0, 0.05) is 27.7 Å². The van der Waals surface area contributed by atoms with Crippen molar-refractivity contribution in [1.29, 1.82) is 0 Å². The second-order valence-corrected chi connectivity index (χ2v) is 4.23. The number of fused-ring (bicyclic) bond motifs is 1. The van der Waals surface area contributed by atoms with Gasteiger partial charge >= 0.3 is 0 Å². The number of thioether (sulfide) groups is 1. The number of hydrogen-bond acceptors (Lipinski definition) is 2. The summed E-state index contributed by atoms with van der Waals surface area (Å²) in [6.45, 7) is 3.72. The highest BCUT2D eigenvalue weighted by Gasteiger charge is 2.04. The van der Waals surface area contributed by atoms with Crippen LogP contribution in [0.5, 0.6) is 5.75 Å². The van der Waals surface area contributed by atoms with Crippen molar-refractivity contribution in [2.24, 2.45) is 0 Å².